The smallest absolute Gasteiger partial charge is 0.326 e. The van der Waals surface area contributed by atoms with E-state index in [-0.39, 0.29) is 0 Å². The standard InChI is InChI=1S/C11H11Br2NO3/c1-2-9(11(16)17)14-10(15)7-4-3-6(12)5-8(7)13/h3-5,9H,2H2,1H3,(H,14,15)(H,16,17)/t9-/m0/s1. The molecule has 6 heteroatoms. The molecule has 1 amide bonds. The third kappa shape index (κ3) is 3.81. The number of nitrogens with one attached hydrogen (secondary N) is 1. The van der Waals surface area contributed by atoms with Crippen LogP contribution in [0.15, 0.2) is 27.1 Å². The molecule has 0 aliphatic heterocycles. The summed E-state index contributed by atoms with van der Waals surface area (Å²) in [5.41, 5.74) is 0.410. The topological polar surface area (TPSA) is 66.4 Å². The average molecular weight is 365 g/mol. The van der Waals surface area contributed by atoms with E-state index in [1.54, 1.807) is 25.1 Å². The number of carboxylic acids is 1. The largest absolute Gasteiger partial charge is 0.480 e. The quantitative estimate of drug-likeness (QED) is 0.863. The number of carbonyl (C=O) groups excluding carboxylic acids is 1. The zero-order chi connectivity index (χ0) is 13.0. The molecule has 92 valence electrons. The van der Waals surface area contributed by atoms with Crippen LogP contribution in [0.25, 0.3) is 0 Å². The number of carboxylic acid groups (broad SMARTS) is 1. The van der Waals surface area contributed by atoms with Gasteiger partial charge in [-0.15, -0.1) is 0 Å². The molecular formula is C11H11Br2NO3. The van der Waals surface area contributed by atoms with Gasteiger partial charge in [-0.05, 0) is 40.5 Å². The normalized spacial score (nSPS) is 11.9. The number of carbonyl (C=O) groups is 2. The molecule has 1 atom stereocenters. The Morgan fingerprint density at radius 2 is 2.06 bits per heavy atom. The number of aliphatic carboxylic acids is 1. The predicted octanol–water partition coefficient (Wildman–Crippen LogP) is 2.80. The van der Waals surface area contributed by atoms with Crippen LogP contribution in [-0.4, -0.2) is 23.0 Å². The van der Waals surface area contributed by atoms with Crippen molar-refractivity contribution in [2.45, 2.75) is 19.4 Å². The van der Waals surface area contributed by atoms with Gasteiger partial charge >= 0.3 is 5.97 Å². The minimum absolute atomic E-state index is 0.342. The number of benzene rings is 1. The van der Waals surface area contributed by atoms with Gasteiger partial charge in [0.15, 0.2) is 0 Å². The van der Waals surface area contributed by atoms with Crippen molar-refractivity contribution in [1.29, 1.82) is 0 Å². The van der Waals surface area contributed by atoms with Crippen LogP contribution < -0.4 is 5.32 Å². The molecule has 0 spiro atoms. The number of rotatable bonds is 4. The van der Waals surface area contributed by atoms with Crippen LogP contribution in [0.5, 0.6) is 0 Å². The second-order valence-corrected chi connectivity index (χ2v) is 5.17. The maximum absolute atomic E-state index is 11.8. The Balaban J connectivity index is 2.86. The highest BCUT2D eigenvalue weighted by Gasteiger charge is 2.19. The molecule has 2 N–H and O–H groups in total. The Hall–Kier alpha value is -0.880. The van der Waals surface area contributed by atoms with Crippen molar-refractivity contribution in [3.05, 3.63) is 32.7 Å². The van der Waals surface area contributed by atoms with Gasteiger partial charge < -0.3 is 10.4 Å². The zero-order valence-corrected chi connectivity index (χ0v) is 12.2. The second-order valence-electron chi connectivity index (χ2n) is 3.40. The van der Waals surface area contributed by atoms with Crippen LogP contribution in [0.3, 0.4) is 0 Å². The fourth-order valence-electron chi connectivity index (χ4n) is 1.25. The molecule has 1 aromatic rings. The van der Waals surface area contributed by atoms with Crippen molar-refractivity contribution in [3.63, 3.8) is 0 Å². The van der Waals surface area contributed by atoms with Crippen LogP contribution in [-0.2, 0) is 4.79 Å². The Morgan fingerprint density at radius 3 is 2.53 bits per heavy atom. The van der Waals surface area contributed by atoms with E-state index in [1.165, 1.54) is 0 Å². The lowest BCUT2D eigenvalue weighted by Gasteiger charge is -2.13. The van der Waals surface area contributed by atoms with Gasteiger partial charge in [-0.2, -0.15) is 0 Å². The molecule has 0 unspecified atom stereocenters. The van der Waals surface area contributed by atoms with E-state index in [0.29, 0.717) is 16.5 Å². The van der Waals surface area contributed by atoms with Crippen LogP contribution in [0.4, 0.5) is 0 Å². The molecule has 17 heavy (non-hydrogen) atoms. The summed E-state index contributed by atoms with van der Waals surface area (Å²) in [5.74, 6) is -1.44. The summed E-state index contributed by atoms with van der Waals surface area (Å²) in [7, 11) is 0. The Labute approximate surface area is 116 Å². The fourth-order valence-corrected chi connectivity index (χ4v) is 2.48. The van der Waals surface area contributed by atoms with E-state index < -0.39 is 17.9 Å². The lowest BCUT2D eigenvalue weighted by molar-refractivity contribution is -0.139. The molecule has 1 rings (SSSR count). The first kappa shape index (κ1) is 14.2. The van der Waals surface area contributed by atoms with E-state index in [2.05, 4.69) is 37.2 Å². The Kier molecular flexibility index (Phi) is 5.14. The van der Waals surface area contributed by atoms with Crippen molar-refractivity contribution in [1.82, 2.24) is 5.32 Å². The summed E-state index contributed by atoms with van der Waals surface area (Å²) < 4.78 is 1.45. The fraction of sp³-hybridized carbons (Fsp3) is 0.273. The van der Waals surface area contributed by atoms with Crippen LogP contribution >= 0.6 is 31.9 Å². The number of hydrogen-bond donors (Lipinski definition) is 2. The molecule has 0 saturated heterocycles. The van der Waals surface area contributed by atoms with Crippen molar-refractivity contribution >= 4 is 43.7 Å². The first-order chi connectivity index (χ1) is 7.95. The molecule has 1 aromatic carbocycles. The van der Waals surface area contributed by atoms with Gasteiger partial charge in [0.05, 0.1) is 5.56 Å². The minimum atomic E-state index is -1.03. The lowest BCUT2D eigenvalue weighted by Crippen LogP contribution is -2.40. The van der Waals surface area contributed by atoms with Gasteiger partial charge in [0.1, 0.15) is 6.04 Å². The minimum Gasteiger partial charge on any atom is -0.480 e. The SMILES string of the molecule is CC[C@H](NC(=O)c1ccc(Br)cc1Br)C(=O)O. The van der Waals surface area contributed by atoms with Crippen molar-refractivity contribution in [2.24, 2.45) is 0 Å². The summed E-state index contributed by atoms with van der Waals surface area (Å²) in [6, 6.07) is 4.22. The molecule has 0 fully saturated rings. The van der Waals surface area contributed by atoms with Gasteiger partial charge in [-0.1, -0.05) is 22.9 Å². The summed E-state index contributed by atoms with van der Waals surface area (Å²) in [6.45, 7) is 1.70. The maximum Gasteiger partial charge on any atom is 0.326 e. The molecule has 0 radical (unpaired) electrons. The first-order valence-electron chi connectivity index (χ1n) is 4.94. The van der Waals surface area contributed by atoms with Crippen LogP contribution in [0, 0.1) is 0 Å². The second kappa shape index (κ2) is 6.16. The highest BCUT2D eigenvalue weighted by Crippen LogP contribution is 2.21. The average Bonchev–Trinajstić information content (AvgIpc) is 2.24. The monoisotopic (exact) mass is 363 g/mol. The van der Waals surface area contributed by atoms with E-state index >= 15 is 0 Å². The highest BCUT2D eigenvalue weighted by atomic mass is 79.9. The molecule has 4 nitrogen and oxygen atoms in total. The first-order valence-corrected chi connectivity index (χ1v) is 6.53. The summed E-state index contributed by atoms with van der Waals surface area (Å²) in [4.78, 5) is 22.6. The predicted molar refractivity (Wildman–Crippen MR) is 71.0 cm³/mol. The van der Waals surface area contributed by atoms with Crippen molar-refractivity contribution in [3.8, 4) is 0 Å². The molecule has 0 heterocycles. The van der Waals surface area contributed by atoms with E-state index in [0.717, 1.165) is 4.47 Å². The summed E-state index contributed by atoms with van der Waals surface area (Å²) in [6.07, 6.45) is 0.342. The van der Waals surface area contributed by atoms with Gasteiger partial charge in [-0.25, -0.2) is 4.79 Å². The highest BCUT2D eigenvalue weighted by molar-refractivity contribution is 9.11. The van der Waals surface area contributed by atoms with Gasteiger partial charge in [-0.3, -0.25) is 4.79 Å². The molecule has 0 aliphatic carbocycles. The van der Waals surface area contributed by atoms with E-state index in [1.807, 2.05) is 0 Å². The van der Waals surface area contributed by atoms with Crippen molar-refractivity contribution < 1.29 is 14.7 Å². The number of amides is 1. The van der Waals surface area contributed by atoms with E-state index in [4.69, 9.17) is 5.11 Å². The third-order valence-corrected chi connectivity index (χ3v) is 3.34. The summed E-state index contributed by atoms with van der Waals surface area (Å²) >= 11 is 6.54. The molecule has 0 aliphatic rings. The van der Waals surface area contributed by atoms with Crippen LogP contribution in [0.2, 0.25) is 0 Å². The van der Waals surface area contributed by atoms with E-state index in [9.17, 15) is 9.59 Å². The number of hydrogen-bond acceptors (Lipinski definition) is 2. The zero-order valence-electron chi connectivity index (χ0n) is 9.04. The van der Waals surface area contributed by atoms with Gasteiger partial charge in [0, 0.05) is 8.95 Å². The third-order valence-electron chi connectivity index (χ3n) is 2.19. The maximum atomic E-state index is 11.8. The summed E-state index contributed by atoms with van der Waals surface area (Å²) in [5, 5.41) is 11.3. The number of halogens is 2. The lowest BCUT2D eigenvalue weighted by atomic mass is 10.1. The van der Waals surface area contributed by atoms with Gasteiger partial charge in [0.25, 0.3) is 5.91 Å². The molecule has 0 saturated carbocycles. The van der Waals surface area contributed by atoms with Gasteiger partial charge in [0.2, 0.25) is 0 Å². The van der Waals surface area contributed by atoms with Crippen molar-refractivity contribution in [2.75, 3.05) is 0 Å². The Bertz CT molecular complexity index is 448. The molecule has 0 bridgehead atoms. The van der Waals surface area contributed by atoms with Crippen LogP contribution in [0.1, 0.15) is 23.7 Å². The molecular weight excluding hydrogens is 354 g/mol. The Morgan fingerprint density at radius 1 is 1.41 bits per heavy atom. The molecule has 0 aromatic heterocycles.